The van der Waals surface area contributed by atoms with Crippen molar-refractivity contribution in [3.8, 4) is 5.75 Å². The van der Waals surface area contributed by atoms with E-state index in [9.17, 15) is 4.79 Å². The van der Waals surface area contributed by atoms with E-state index in [1.165, 1.54) is 0 Å². The van der Waals surface area contributed by atoms with E-state index in [0.29, 0.717) is 36.2 Å². The average molecular weight is 415 g/mol. The van der Waals surface area contributed by atoms with Crippen LogP contribution in [0.15, 0.2) is 30.6 Å². The lowest BCUT2D eigenvalue weighted by Gasteiger charge is -2.17. The summed E-state index contributed by atoms with van der Waals surface area (Å²) in [5, 5.41) is 10.9. The van der Waals surface area contributed by atoms with Crippen LogP contribution >= 0.6 is 24.0 Å². The number of nitrogens with zero attached hydrogens (tertiary/aromatic N) is 2. The van der Waals surface area contributed by atoms with E-state index in [1.54, 1.807) is 30.0 Å². The number of nitrogens with one attached hydrogen (secondary N) is 2. The highest BCUT2D eigenvalue weighted by atomic mass is 35.5. The molecule has 2 aromatic rings. The Bertz CT molecular complexity index is 769. The summed E-state index contributed by atoms with van der Waals surface area (Å²) in [6.45, 7) is 2.30. The summed E-state index contributed by atoms with van der Waals surface area (Å²) in [7, 11) is 3.49. The first-order chi connectivity index (χ1) is 12.6. The molecule has 1 aromatic carbocycles. The SMILES string of the molecule is COCCOc1ccc(NC(=O)[C@H]2CNC[C@@H]2c2cnn(C)c2)cc1Cl.Cl. The van der Waals surface area contributed by atoms with Crippen LogP contribution in [0.25, 0.3) is 0 Å². The summed E-state index contributed by atoms with van der Waals surface area (Å²) in [6, 6.07) is 5.23. The van der Waals surface area contributed by atoms with Gasteiger partial charge in [-0.15, -0.1) is 12.4 Å². The predicted molar refractivity (Wildman–Crippen MR) is 107 cm³/mol. The molecule has 0 aliphatic carbocycles. The van der Waals surface area contributed by atoms with Crippen LogP contribution in [0.2, 0.25) is 5.02 Å². The molecular weight excluding hydrogens is 391 g/mol. The van der Waals surface area contributed by atoms with Gasteiger partial charge in [0.2, 0.25) is 5.91 Å². The number of carbonyl (C=O) groups excluding carboxylic acids is 1. The Balaban J connectivity index is 0.00000261. The van der Waals surface area contributed by atoms with E-state index < -0.39 is 0 Å². The van der Waals surface area contributed by atoms with Gasteiger partial charge in [0.1, 0.15) is 12.4 Å². The highest BCUT2D eigenvalue weighted by molar-refractivity contribution is 6.32. The summed E-state index contributed by atoms with van der Waals surface area (Å²) in [4.78, 5) is 12.7. The molecule has 1 aliphatic heterocycles. The van der Waals surface area contributed by atoms with Gasteiger partial charge in [-0.2, -0.15) is 5.10 Å². The zero-order valence-electron chi connectivity index (χ0n) is 15.3. The summed E-state index contributed by atoms with van der Waals surface area (Å²) in [5.41, 5.74) is 1.72. The number of carbonyl (C=O) groups is 1. The van der Waals surface area contributed by atoms with Crippen molar-refractivity contribution in [2.45, 2.75) is 5.92 Å². The molecule has 9 heteroatoms. The standard InChI is InChI=1S/C18H23ClN4O3.ClH/c1-23-11-12(8-21-23)14-9-20-10-15(14)18(24)22-13-3-4-17(16(19)7-13)26-6-5-25-2;/h3-4,7-8,11,14-15,20H,5-6,9-10H2,1-2H3,(H,22,24);1H/t14-,15+;/m1./s1. The largest absolute Gasteiger partial charge is 0.490 e. The minimum Gasteiger partial charge on any atom is -0.490 e. The molecule has 0 unspecified atom stereocenters. The minimum absolute atomic E-state index is 0. The molecule has 2 heterocycles. The van der Waals surface area contributed by atoms with Gasteiger partial charge in [0, 0.05) is 45.0 Å². The van der Waals surface area contributed by atoms with Crippen LogP contribution in [0, 0.1) is 5.92 Å². The molecule has 3 rings (SSSR count). The third-order valence-corrected chi connectivity index (χ3v) is 4.74. The number of benzene rings is 1. The molecular formula is C18H24Cl2N4O3. The van der Waals surface area contributed by atoms with Crippen LogP contribution < -0.4 is 15.4 Å². The van der Waals surface area contributed by atoms with Crippen LogP contribution in [-0.2, 0) is 16.6 Å². The zero-order valence-corrected chi connectivity index (χ0v) is 16.8. The number of methoxy groups -OCH3 is 1. The quantitative estimate of drug-likeness (QED) is 0.680. The molecule has 27 heavy (non-hydrogen) atoms. The summed E-state index contributed by atoms with van der Waals surface area (Å²) >= 11 is 6.24. The minimum atomic E-state index is -0.157. The molecule has 1 amide bonds. The third kappa shape index (κ3) is 5.35. The number of hydrogen-bond acceptors (Lipinski definition) is 5. The molecule has 7 nitrogen and oxygen atoms in total. The fraction of sp³-hybridized carbons (Fsp3) is 0.444. The smallest absolute Gasteiger partial charge is 0.229 e. The van der Waals surface area contributed by atoms with Crippen molar-refractivity contribution in [2.24, 2.45) is 13.0 Å². The second-order valence-corrected chi connectivity index (χ2v) is 6.70. The van der Waals surface area contributed by atoms with Gasteiger partial charge in [0.15, 0.2) is 0 Å². The van der Waals surface area contributed by atoms with Gasteiger partial charge in [0.05, 0.1) is 23.7 Å². The van der Waals surface area contributed by atoms with Crippen LogP contribution in [-0.4, -0.2) is 49.1 Å². The highest BCUT2D eigenvalue weighted by Gasteiger charge is 2.34. The number of anilines is 1. The Kier molecular flexibility index (Phi) is 7.91. The Morgan fingerprint density at radius 3 is 2.89 bits per heavy atom. The van der Waals surface area contributed by atoms with E-state index in [2.05, 4.69) is 15.7 Å². The molecule has 148 valence electrons. The topological polar surface area (TPSA) is 77.4 Å². The first kappa shape index (κ1) is 21.5. The highest BCUT2D eigenvalue weighted by Crippen LogP contribution is 2.31. The number of aryl methyl sites for hydroxylation is 1. The summed E-state index contributed by atoms with van der Waals surface area (Å²) < 4.78 is 12.2. The van der Waals surface area contributed by atoms with Crippen molar-refractivity contribution in [2.75, 3.05) is 38.7 Å². The van der Waals surface area contributed by atoms with Crippen molar-refractivity contribution in [1.29, 1.82) is 0 Å². The van der Waals surface area contributed by atoms with Gasteiger partial charge in [-0.25, -0.2) is 0 Å². The van der Waals surface area contributed by atoms with Crippen LogP contribution in [0.4, 0.5) is 5.69 Å². The first-order valence-corrected chi connectivity index (χ1v) is 8.87. The maximum Gasteiger partial charge on any atom is 0.229 e. The van der Waals surface area contributed by atoms with Crippen molar-refractivity contribution >= 4 is 35.6 Å². The fourth-order valence-electron chi connectivity index (χ4n) is 3.10. The average Bonchev–Trinajstić information content (AvgIpc) is 3.25. The van der Waals surface area contributed by atoms with E-state index in [4.69, 9.17) is 21.1 Å². The molecule has 1 fully saturated rings. The van der Waals surface area contributed by atoms with Gasteiger partial charge in [-0.3, -0.25) is 9.48 Å². The monoisotopic (exact) mass is 414 g/mol. The number of ether oxygens (including phenoxy) is 2. The molecule has 0 radical (unpaired) electrons. The van der Waals surface area contributed by atoms with Gasteiger partial charge >= 0.3 is 0 Å². The maximum atomic E-state index is 12.7. The maximum absolute atomic E-state index is 12.7. The summed E-state index contributed by atoms with van der Waals surface area (Å²) in [5.74, 6) is 0.483. The van der Waals surface area contributed by atoms with E-state index in [-0.39, 0.29) is 30.2 Å². The number of amides is 1. The molecule has 0 spiro atoms. The molecule has 0 saturated carbocycles. The lowest BCUT2D eigenvalue weighted by molar-refractivity contribution is -0.119. The first-order valence-electron chi connectivity index (χ1n) is 8.50. The van der Waals surface area contributed by atoms with E-state index in [0.717, 1.165) is 12.1 Å². The Hall–Kier alpha value is -1.80. The lowest BCUT2D eigenvalue weighted by atomic mass is 9.90. The lowest BCUT2D eigenvalue weighted by Crippen LogP contribution is -2.28. The van der Waals surface area contributed by atoms with Crippen molar-refractivity contribution in [1.82, 2.24) is 15.1 Å². The number of rotatable bonds is 7. The Morgan fingerprint density at radius 2 is 2.22 bits per heavy atom. The number of aromatic nitrogens is 2. The van der Waals surface area contributed by atoms with Gasteiger partial charge in [-0.1, -0.05) is 11.6 Å². The second-order valence-electron chi connectivity index (χ2n) is 6.29. The molecule has 1 aliphatic rings. The molecule has 1 aromatic heterocycles. The van der Waals surface area contributed by atoms with E-state index in [1.807, 2.05) is 19.4 Å². The number of hydrogen-bond donors (Lipinski definition) is 2. The predicted octanol–water partition coefficient (Wildman–Crippen LogP) is 2.46. The zero-order chi connectivity index (χ0) is 18.5. The van der Waals surface area contributed by atoms with Gasteiger partial charge in [-0.05, 0) is 23.8 Å². The fourth-order valence-corrected chi connectivity index (χ4v) is 3.34. The molecule has 1 saturated heterocycles. The molecule has 2 N–H and O–H groups in total. The van der Waals surface area contributed by atoms with Crippen molar-refractivity contribution < 1.29 is 14.3 Å². The third-order valence-electron chi connectivity index (χ3n) is 4.45. The Morgan fingerprint density at radius 1 is 1.41 bits per heavy atom. The van der Waals surface area contributed by atoms with Crippen molar-refractivity contribution in [3.05, 3.63) is 41.2 Å². The second kappa shape index (κ2) is 9.94. The normalized spacial score (nSPS) is 18.8. The van der Waals surface area contributed by atoms with Gasteiger partial charge in [0.25, 0.3) is 0 Å². The van der Waals surface area contributed by atoms with Crippen molar-refractivity contribution in [3.63, 3.8) is 0 Å². The Labute approximate surface area is 169 Å². The van der Waals surface area contributed by atoms with Crippen LogP contribution in [0.3, 0.4) is 0 Å². The molecule has 0 bridgehead atoms. The van der Waals surface area contributed by atoms with Crippen LogP contribution in [0.5, 0.6) is 5.75 Å². The number of halogens is 2. The molecule has 2 atom stereocenters. The summed E-state index contributed by atoms with van der Waals surface area (Å²) in [6.07, 6.45) is 3.78. The van der Waals surface area contributed by atoms with E-state index >= 15 is 0 Å². The van der Waals surface area contributed by atoms with Gasteiger partial charge < -0.3 is 20.1 Å². The van der Waals surface area contributed by atoms with Crippen LogP contribution in [0.1, 0.15) is 11.5 Å².